The molecule has 0 bridgehead atoms. The highest BCUT2D eigenvalue weighted by molar-refractivity contribution is 6.30. The SMILES string of the molecule is O=[N+]([O-])/C=C/c1cc(C(F)(F)F)cnc1Cl. The maximum absolute atomic E-state index is 12.3. The van der Waals surface area contributed by atoms with Crippen LogP contribution < -0.4 is 0 Å². The van der Waals surface area contributed by atoms with Gasteiger partial charge in [0.25, 0.3) is 0 Å². The van der Waals surface area contributed by atoms with Gasteiger partial charge in [0.15, 0.2) is 0 Å². The molecule has 0 unspecified atom stereocenters. The maximum atomic E-state index is 12.3. The molecule has 16 heavy (non-hydrogen) atoms. The van der Waals surface area contributed by atoms with Crippen LogP contribution in [-0.4, -0.2) is 9.91 Å². The average molecular weight is 253 g/mol. The highest BCUT2D eigenvalue weighted by atomic mass is 35.5. The zero-order valence-electron chi connectivity index (χ0n) is 7.53. The van der Waals surface area contributed by atoms with Crippen molar-refractivity contribution in [2.75, 3.05) is 0 Å². The van der Waals surface area contributed by atoms with E-state index in [2.05, 4.69) is 4.98 Å². The van der Waals surface area contributed by atoms with E-state index in [4.69, 9.17) is 11.6 Å². The monoisotopic (exact) mass is 252 g/mol. The van der Waals surface area contributed by atoms with E-state index in [9.17, 15) is 23.3 Å². The smallest absolute Gasteiger partial charge is 0.259 e. The van der Waals surface area contributed by atoms with E-state index < -0.39 is 16.7 Å². The summed E-state index contributed by atoms with van der Waals surface area (Å²) >= 11 is 5.48. The molecule has 0 fully saturated rings. The second kappa shape index (κ2) is 4.48. The summed E-state index contributed by atoms with van der Waals surface area (Å²) < 4.78 is 36.8. The minimum absolute atomic E-state index is 0.159. The van der Waals surface area contributed by atoms with Crippen LogP contribution in [0.2, 0.25) is 5.15 Å². The number of hydrogen-bond donors (Lipinski definition) is 0. The van der Waals surface area contributed by atoms with Gasteiger partial charge in [-0.15, -0.1) is 0 Å². The second-order valence-electron chi connectivity index (χ2n) is 2.70. The molecule has 0 aliphatic rings. The van der Waals surface area contributed by atoms with Gasteiger partial charge in [0.1, 0.15) is 5.15 Å². The maximum Gasteiger partial charge on any atom is 0.417 e. The van der Waals surface area contributed by atoms with Crippen molar-refractivity contribution < 1.29 is 18.1 Å². The Hall–Kier alpha value is -1.63. The molecule has 0 saturated heterocycles. The van der Waals surface area contributed by atoms with Crippen molar-refractivity contribution in [1.29, 1.82) is 0 Å². The van der Waals surface area contributed by atoms with E-state index in [-0.39, 0.29) is 10.7 Å². The van der Waals surface area contributed by atoms with Gasteiger partial charge in [-0.25, -0.2) is 4.98 Å². The first-order valence-corrected chi connectivity index (χ1v) is 4.23. The minimum Gasteiger partial charge on any atom is -0.259 e. The van der Waals surface area contributed by atoms with Gasteiger partial charge in [-0.3, -0.25) is 10.1 Å². The largest absolute Gasteiger partial charge is 0.417 e. The molecule has 1 rings (SSSR count). The molecule has 0 atom stereocenters. The van der Waals surface area contributed by atoms with E-state index in [1.807, 2.05) is 0 Å². The van der Waals surface area contributed by atoms with Gasteiger partial charge in [-0.1, -0.05) is 11.6 Å². The lowest BCUT2D eigenvalue weighted by Gasteiger charge is -2.06. The molecule has 1 aromatic rings. The van der Waals surface area contributed by atoms with Gasteiger partial charge in [0.05, 0.1) is 10.5 Å². The Morgan fingerprint density at radius 3 is 2.62 bits per heavy atom. The fourth-order valence-corrected chi connectivity index (χ4v) is 1.04. The molecule has 0 aliphatic heterocycles. The lowest BCUT2D eigenvalue weighted by molar-refractivity contribution is -0.400. The third-order valence-electron chi connectivity index (χ3n) is 1.57. The molecule has 0 saturated carbocycles. The van der Waals surface area contributed by atoms with Gasteiger partial charge in [-0.2, -0.15) is 13.2 Å². The molecular weight excluding hydrogens is 249 g/mol. The van der Waals surface area contributed by atoms with Crippen LogP contribution in [0.5, 0.6) is 0 Å². The van der Waals surface area contributed by atoms with E-state index in [1.54, 1.807) is 0 Å². The van der Waals surface area contributed by atoms with Gasteiger partial charge >= 0.3 is 6.18 Å². The summed E-state index contributed by atoms with van der Waals surface area (Å²) in [6.07, 6.45) is -2.66. The Bertz CT molecular complexity index is 445. The molecule has 0 radical (unpaired) electrons. The predicted molar refractivity (Wildman–Crippen MR) is 50.3 cm³/mol. The van der Waals surface area contributed by atoms with Crippen LogP contribution in [0.25, 0.3) is 6.08 Å². The number of pyridine rings is 1. The van der Waals surface area contributed by atoms with E-state index in [0.717, 1.165) is 6.08 Å². The summed E-state index contributed by atoms with van der Waals surface area (Å²) in [5.74, 6) is 0. The van der Waals surface area contributed by atoms with Crippen LogP contribution in [0.4, 0.5) is 13.2 Å². The molecule has 1 heterocycles. The number of nitrogens with zero attached hydrogens (tertiary/aromatic N) is 2. The number of hydrogen-bond acceptors (Lipinski definition) is 3. The second-order valence-corrected chi connectivity index (χ2v) is 3.06. The number of aromatic nitrogens is 1. The molecule has 0 amide bonds. The molecule has 0 aliphatic carbocycles. The molecular formula is C8H4ClF3N2O2. The lowest BCUT2D eigenvalue weighted by atomic mass is 10.2. The molecule has 0 spiro atoms. The molecule has 1 aromatic heterocycles. The standard InChI is InChI=1S/C8H4ClF3N2O2/c9-7-5(1-2-14(15)16)3-6(4-13-7)8(10,11)12/h1-4H/b2-1+. The minimum atomic E-state index is -4.56. The van der Waals surface area contributed by atoms with Crippen LogP contribution in [0.15, 0.2) is 18.5 Å². The fourth-order valence-electron chi connectivity index (χ4n) is 0.878. The molecule has 0 aromatic carbocycles. The van der Waals surface area contributed by atoms with Gasteiger partial charge < -0.3 is 0 Å². The molecule has 0 N–H and O–H groups in total. The van der Waals surface area contributed by atoms with Crippen molar-refractivity contribution in [1.82, 2.24) is 4.98 Å². The highest BCUT2D eigenvalue weighted by Gasteiger charge is 2.31. The van der Waals surface area contributed by atoms with Crippen molar-refractivity contribution in [2.45, 2.75) is 6.18 Å². The summed E-state index contributed by atoms with van der Waals surface area (Å²) in [6, 6.07) is 0.690. The zero-order valence-corrected chi connectivity index (χ0v) is 8.29. The zero-order chi connectivity index (χ0) is 12.3. The predicted octanol–water partition coefficient (Wildman–Crippen LogP) is 3.00. The Balaban J connectivity index is 3.14. The normalized spacial score (nSPS) is 12.0. The van der Waals surface area contributed by atoms with E-state index in [1.165, 1.54) is 0 Å². The Kier molecular flexibility index (Phi) is 3.48. The summed E-state index contributed by atoms with van der Waals surface area (Å²) in [7, 11) is 0. The van der Waals surface area contributed by atoms with Crippen molar-refractivity contribution in [3.63, 3.8) is 0 Å². The third-order valence-corrected chi connectivity index (χ3v) is 1.89. The third kappa shape index (κ3) is 3.20. The van der Waals surface area contributed by atoms with Crippen molar-refractivity contribution in [3.8, 4) is 0 Å². The van der Waals surface area contributed by atoms with Crippen molar-refractivity contribution in [2.24, 2.45) is 0 Å². The van der Waals surface area contributed by atoms with Gasteiger partial charge in [-0.05, 0) is 6.07 Å². The number of halogens is 4. The van der Waals surface area contributed by atoms with Gasteiger partial charge in [0.2, 0.25) is 6.20 Å². The summed E-state index contributed by atoms with van der Waals surface area (Å²) in [4.78, 5) is 12.5. The number of alkyl halides is 3. The summed E-state index contributed by atoms with van der Waals surface area (Å²) in [5, 5.41) is 9.77. The Morgan fingerprint density at radius 1 is 1.50 bits per heavy atom. The topological polar surface area (TPSA) is 56.0 Å². The average Bonchev–Trinajstić information content (AvgIpc) is 2.14. The van der Waals surface area contributed by atoms with Crippen LogP contribution in [0.1, 0.15) is 11.1 Å². The van der Waals surface area contributed by atoms with Crippen molar-refractivity contribution >= 4 is 17.7 Å². The van der Waals surface area contributed by atoms with E-state index in [0.29, 0.717) is 18.5 Å². The quantitative estimate of drug-likeness (QED) is 0.462. The highest BCUT2D eigenvalue weighted by Crippen LogP contribution is 2.30. The fraction of sp³-hybridized carbons (Fsp3) is 0.125. The summed E-state index contributed by atoms with van der Waals surface area (Å²) in [5.41, 5.74) is -1.17. The number of rotatable bonds is 2. The van der Waals surface area contributed by atoms with Gasteiger partial charge in [0, 0.05) is 17.8 Å². The van der Waals surface area contributed by atoms with Crippen molar-refractivity contribution in [3.05, 3.63) is 44.9 Å². The molecule has 86 valence electrons. The van der Waals surface area contributed by atoms with Crippen LogP contribution in [0, 0.1) is 10.1 Å². The number of nitro groups is 1. The molecule has 4 nitrogen and oxygen atoms in total. The Labute approximate surface area is 92.5 Å². The first kappa shape index (κ1) is 12.4. The van der Waals surface area contributed by atoms with E-state index >= 15 is 0 Å². The first-order chi connectivity index (χ1) is 7.30. The van der Waals surface area contributed by atoms with Crippen LogP contribution in [-0.2, 0) is 6.18 Å². The molecule has 8 heteroatoms. The summed E-state index contributed by atoms with van der Waals surface area (Å²) in [6.45, 7) is 0. The Morgan fingerprint density at radius 2 is 2.12 bits per heavy atom. The van der Waals surface area contributed by atoms with Crippen LogP contribution >= 0.6 is 11.6 Å². The first-order valence-electron chi connectivity index (χ1n) is 3.85. The van der Waals surface area contributed by atoms with Crippen LogP contribution in [0.3, 0.4) is 0 Å². The lowest BCUT2D eigenvalue weighted by Crippen LogP contribution is -2.06.